The maximum atomic E-state index is 11.5. The van der Waals surface area contributed by atoms with E-state index < -0.39 is 8.32 Å². The first-order valence-corrected chi connectivity index (χ1v) is 15.7. The van der Waals surface area contributed by atoms with E-state index in [1.54, 1.807) is 0 Å². The summed E-state index contributed by atoms with van der Waals surface area (Å²) in [6.45, 7) is 16.5. The number of carbonyl (C=O) groups is 1. The molecule has 0 radical (unpaired) electrons. The molecule has 0 saturated heterocycles. The maximum Gasteiger partial charge on any atom is 0.330 e. The first-order chi connectivity index (χ1) is 16.5. The molecule has 0 aromatic heterocycles. The van der Waals surface area contributed by atoms with E-state index >= 15 is 0 Å². The zero-order valence-corrected chi connectivity index (χ0v) is 23.7. The normalized spacial score (nSPS) is 16.2. The third-order valence-electron chi connectivity index (χ3n) is 7.84. The summed E-state index contributed by atoms with van der Waals surface area (Å²) in [5.74, 6) is -0.326. The van der Waals surface area contributed by atoms with Crippen LogP contribution in [0.15, 0.2) is 48.5 Å². The van der Waals surface area contributed by atoms with Crippen molar-refractivity contribution < 1.29 is 14.0 Å². The quantitative estimate of drug-likeness (QED) is 0.209. The largest absolute Gasteiger partial charge is 0.564 e. The predicted molar refractivity (Wildman–Crippen MR) is 148 cm³/mol. The average Bonchev–Trinajstić information content (AvgIpc) is 3.23. The first kappa shape index (κ1) is 27.4. The van der Waals surface area contributed by atoms with Gasteiger partial charge >= 0.3 is 5.97 Å². The molecule has 0 saturated carbocycles. The van der Waals surface area contributed by atoms with Crippen molar-refractivity contribution in [3.05, 3.63) is 76.4 Å². The van der Waals surface area contributed by atoms with Crippen molar-refractivity contribution in [1.29, 1.82) is 0 Å². The summed E-state index contributed by atoms with van der Waals surface area (Å²) in [4.78, 5) is 14.1. The predicted octanol–water partition coefficient (Wildman–Crippen LogP) is 6.74. The van der Waals surface area contributed by atoms with E-state index in [2.05, 4.69) is 88.2 Å². The van der Waals surface area contributed by atoms with Crippen molar-refractivity contribution in [2.24, 2.45) is 0 Å². The number of benzene rings is 2. The Morgan fingerprint density at radius 2 is 1.89 bits per heavy atom. The van der Waals surface area contributed by atoms with Crippen LogP contribution in [-0.4, -0.2) is 46.0 Å². The van der Waals surface area contributed by atoms with E-state index in [1.165, 1.54) is 35.4 Å². The van der Waals surface area contributed by atoms with E-state index in [0.29, 0.717) is 6.04 Å². The van der Waals surface area contributed by atoms with Crippen molar-refractivity contribution in [2.75, 3.05) is 26.8 Å². The van der Waals surface area contributed by atoms with Crippen LogP contribution in [0, 0.1) is 6.92 Å². The zero-order chi connectivity index (χ0) is 25.6. The Morgan fingerprint density at radius 3 is 2.57 bits per heavy atom. The van der Waals surface area contributed by atoms with Gasteiger partial charge in [0.25, 0.3) is 0 Å². The van der Waals surface area contributed by atoms with Crippen LogP contribution in [0.3, 0.4) is 0 Å². The smallest absolute Gasteiger partial charge is 0.330 e. The number of esters is 1. The highest BCUT2D eigenvalue weighted by Crippen LogP contribution is 2.38. The molecule has 5 heteroatoms. The van der Waals surface area contributed by atoms with Gasteiger partial charge in [0.05, 0.1) is 7.11 Å². The molecule has 1 aliphatic carbocycles. The summed E-state index contributed by atoms with van der Waals surface area (Å²) in [6, 6.07) is 15.7. The van der Waals surface area contributed by atoms with Gasteiger partial charge in [0.15, 0.2) is 0 Å². The van der Waals surface area contributed by atoms with Crippen LogP contribution in [0.5, 0.6) is 0 Å². The molecular weight excluding hydrogens is 450 g/mol. The Labute approximate surface area is 213 Å². The number of hydrogen-bond donors (Lipinski definition) is 0. The number of methoxy groups -OCH3 is 1. The number of ether oxygens (including phenoxy) is 1. The van der Waals surface area contributed by atoms with Crippen LogP contribution in [0.1, 0.15) is 61.1 Å². The lowest BCUT2D eigenvalue weighted by Crippen LogP contribution is -2.43. The highest BCUT2D eigenvalue weighted by Gasteiger charge is 2.29. The van der Waals surface area contributed by atoms with Crippen LogP contribution in [0.2, 0.25) is 18.1 Å². The maximum absolute atomic E-state index is 11.5. The second-order valence-electron chi connectivity index (χ2n) is 11.2. The number of aryl methyl sites for hydroxylation is 2. The molecule has 0 bridgehead atoms. The Hall–Kier alpha value is -2.21. The summed E-state index contributed by atoms with van der Waals surface area (Å²) in [5.41, 5.74) is 6.62. The Morgan fingerprint density at radius 1 is 1.14 bits per heavy atom. The van der Waals surface area contributed by atoms with Crippen molar-refractivity contribution in [3.8, 4) is 0 Å². The number of hydrogen-bond acceptors (Lipinski definition) is 4. The van der Waals surface area contributed by atoms with Crippen LogP contribution < -0.4 is 0 Å². The molecule has 0 heterocycles. The van der Waals surface area contributed by atoms with Gasteiger partial charge in [-0.2, -0.15) is 0 Å². The summed E-state index contributed by atoms with van der Waals surface area (Å²) in [6.07, 6.45) is 6.54. The lowest BCUT2D eigenvalue weighted by Gasteiger charge is -2.49. The molecule has 35 heavy (non-hydrogen) atoms. The van der Waals surface area contributed by atoms with Gasteiger partial charge in [0.2, 0.25) is 0 Å². The van der Waals surface area contributed by atoms with Crippen LogP contribution in [0.4, 0.5) is 0 Å². The van der Waals surface area contributed by atoms with Gasteiger partial charge in [0.1, 0.15) is 0 Å². The summed E-state index contributed by atoms with van der Waals surface area (Å²) in [5, 5.41) is 0.215. The summed E-state index contributed by atoms with van der Waals surface area (Å²) in [7, 11) is -0.377. The molecule has 191 valence electrons. The average molecular weight is 494 g/mol. The monoisotopic (exact) mass is 493 g/mol. The van der Waals surface area contributed by atoms with E-state index in [1.807, 2.05) is 6.08 Å². The van der Waals surface area contributed by atoms with Gasteiger partial charge in [0, 0.05) is 31.8 Å². The molecule has 1 unspecified atom stereocenters. The minimum atomic E-state index is -1.78. The number of rotatable bonds is 10. The van der Waals surface area contributed by atoms with E-state index in [4.69, 9.17) is 9.16 Å². The van der Waals surface area contributed by atoms with Crippen LogP contribution >= 0.6 is 0 Å². The van der Waals surface area contributed by atoms with Crippen LogP contribution in [0.25, 0.3) is 6.08 Å². The Balaban J connectivity index is 1.76. The number of fused-ring (bicyclic) bond motifs is 1. The van der Waals surface area contributed by atoms with Crippen LogP contribution in [-0.2, 0) is 26.8 Å². The van der Waals surface area contributed by atoms with Crippen molar-refractivity contribution in [1.82, 2.24) is 4.90 Å². The molecule has 3 rings (SSSR count). The highest BCUT2D eigenvalue weighted by atomic mass is 28.4. The molecule has 0 spiro atoms. The van der Waals surface area contributed by atoms with Gasteiger partial charge in [-0.15, -0.1) is 18.1 Å². The lowest BCUT2D eigenvalue weighted by molar-refractivity contribution is -0.134. The first-order valence-electron chi connectivity index (χ1n) is 12.8. The molecule has 2 aromatic carbocycles. The topological polar surface area (TPSA) is 38.8 Å². The van der Waals surface area contributed by atoms with E-state index in [0.717, 1.165) is 44.5 Å². The fourth-order valence-corrected chi connectivity index (χ4v) is 5.58. The third kappa shape index (κ3) is 7.15. The molecule has 1 atom stereocenters. The number of nitrogens with zero attached hydrogens (tertiary/aromatic N) is 1. The lowest BCUT2D eigenvalue weighted by atomic mass is 10.0. The molecular formula is C30H43NO3Si-. The second kappa shape index (κ2) is 11.7. The van der Waals surface area contributed by atoms with E-state index in [-0.39, 0.29) is 11.0 Å². The summed E-state index contributed by atoms with van der Waals surface area (Å²) < 4.78 is 11.3. The van der Waals surface area contributed by atoms with Gasteiger partial charge in [-0.1, -0.05) is 63.2 Å². The van der Waals surface area contributed by atoms with E-state index in [9.17, 15) is 4.79 Å². The van der Waals surface area contributed by atoms with Gasteiger partial charge in [-0.25, -0.2) is 4.79 Å². The van der Waals surface area contributed by atoms with Gasteiger partial charge in [-0.3, -0.25) is 4.90 Å². The Kier molecular flexibility index (Phi) is 9.14. The molecule has 1 aliphatic rings. The Bertz CT molecular complexity index is 1040. The SMILES string of the molecule is COC(=O)/C=C/c1ccc2c(c1)CCC2N(CCO[Si-](C)(C)C(C)(C)C)CCc1ccccc1C. The third-order valence-corrected chi connectivity index (χ3v) is 12.4. The molecule has 2 aromatic rings. The second-order valence-corrected chi connectivity index (χ2v) is 16.0. The zero-order valence-electron chi connectivity index (χ0n) is 22.7. The fourth-order valence-electron chi connectivity index (χ4n) is 4.54. The molecule has 0 N–H and O–H groups in total. The standard InChI is InChI=1S/C30H43NO3Si/c1-23-10-8-9-11-25(23)18-19-31(20-21-34-35(6,7)30(2,3)4)28-16-14-26-22-24(12-15-27(26)28)13-17-29(32)33-5/h8-13,15,17,22,28H,14,16,18-21H2,1-7H3/q-1/b17-13+. The van der Waals surface area contributed by atoms with Crippen molar-refractivity contribution >= 4 is 20.4 Å². The molecule has 0 aliphatic heterocycles. The number of carbonyl (C=O) groups excluding carboxylic acids is 1. The molecule has 0 fully saturated rings. The van der Waals surface area contributed by atoms with Crippen molar-refractivity contribution in [2.45, 2.75) is 71.1 Å². The highest BCUT2D eigenvalue weighted by molar-refractivity contribution is 6.74. The minimum Gasteiger partial charge on any atom is -0.564 e. The fraction of sp³-hybridized carbons (Fsp3) is 0.500. The minimum absolute atomic E-state index is 0.215. The van der Waals surface area contributed by atoms with Gasteiger partial charge < -0.3 is 9.16 Å². The van der Waals surface area contributed by atoms with Crippen molar-refractivity contribution in [3.63, 3.8) is 0 Å². The molecule has 0 amide bonds. The molecule has 4 nitrogen and oxygen atoms in total. The van der Waals surface area contributed by atoms with Gasteiger partial charge in [-0.05, 0) is 68.4 Å². The summed E-state index contributed by atoms with van der Waals surface area (Å²) >= 11 is 0.